The number of benzene rings is 1. The lowest BCUT2D eigenvalue weighted by atomic mass is 9.98. The molecule has 5 nitrogen and oxygen atoms in total. The average molecular weight is 292 g/mol. The number of fused-ring (bicyclic) bond motifs is 1. The van der Waals surface area contributed by atoms with Crippen LogP contribution in [-0.2, 0) is 4.79 Å². The van der Waals surface area contributed by atoms with Gasteiger partial charge in [0, 0.05) is 13.1 Å². The Bertz CT molecular complexity index is 632. The number of ether oxygens (including phenoxy) is 1. The Hall–Kier alpha value is -1.82. The highest BCUT2D eigenvalue weighted by Crippen LogP contribution is 2.35. The summed E-state index contributed by atoms with van der Waals surface area (Å²) in [5.41, 5.74) is 0.885. The SMILES string of the molecule is COc1cccc2sc(N3CCC(C(=O)O)CC3)nc12. The number of carboxylic acid groups (broad SMARTS) is 1. The first kappa shape index (κ1) is 13.2. The third-order valence-corrected chi connectivity index (χ3v) is 4.79. The zero-order valence-electron chi connectivity index (χ0n) is 11.2. The number of methoxy groups -OCH3 is 1. The monoisotopic (exact) mass is 292 g/mol. The molecule has 1 aliphatic rings. The molecule has 0 spiro atoms. The number of piperidine rings is 1. The fourth-order valence-electron chi connectivity index (χ4n) is 2.53. The van der Waals surface area contributed by atoms with Crippen molar-refractivity contribution in [3.63, 3.8) is 0 Å². The van der Waals surface area contributed by atoms with Crippen molar-refractivity contribution in [1.29, 1.82) is 0 Å². The van der Waals surface area contributed by atoms with E-state index in [4.69, 9.17) is 9.84 Å². The van der Waals surface area contributed by atoms with Crippen molar-refractivity contribution in [3.8, 4) is 5.75 Å². The van der Waals surface area contributed by atoms with Gasteiger partial charge in [0.15, 0.2) is 5.13 Å². The highest BCUT2D eigenvalue weighted by molar-refractivity contribution is 7.22. The predicted molar refractivity (Wildman–Crippen MR) is 78.7 cm³/mol. The summed E-state index contributed by atoms with van der Waals surface area (Å²) in [5, 5.41) is 9.98. The number of para-hydroxylation sites is 1. The van der Waals surface area contributed by atoms with Crippen molar-refractivity contribution in [3.05, 3.63) is 18.2 Å². The van der Waals surface area contributed by atoms with Gasteiger partial charge in [-0.2, -0.15) is 0 Å². The standard InChI is InChI=1S/C14H16N2O3S/c1-19-10-3-2-4-11-12(10)15-14(20-11)16-7-5-9(6-8-16)13(17)18/h2-4,9H,5-8H2,1H3,(H,17,18). The smallest absolute Gasteiger partial charge is 0.306 e. The Labute approximate surface area is 120 Å². The molecule has 1 saturated heterocycles. The maximum atomic E-state index is 11.0. The summed E-state index contributed by atoms with van der Waals surface area (Å²) in [6.45, 7) is 1.50. The van der Waals surface area contributed by atoms with Crippen LogP contribution in [0.5, 0.6) is 5.75 Å². The Morgan fingerprint density at radius 1 is 1.45 bits per heavy atom. The molecule has 0 atom stereocenters. The predicted octanol–water partition coefficient (Wildman–Crippen LogP) is 2.61. The van der Waals surface area contributed by atoms with Gasteiger partial charge in [0.2, 0.25) is 0 Å². The molecule has 0 aliphatic carbocycles. The molecule has 3 rings (SSSR count). The van der Waals surface area contributed by atoms with Gasteiger partial charge in [0.25, 0.3) is 0 Å². The summed E-state index contributed by atoms with van der Waals surface area (Å²) in [7, 11) is 1.64. The summed E-state index contributed by atoms with van der Waals surface area (Å²) in [4.78, 5) is 17.8. The van der Waals surface area contributed by atoms with E-state index in [0.717, 1.165) is 34.2 Å². The van der Waals surface area contributed by atoms with Crippen molar-refractivity contribution in [1.82, 2.24) is 4.98 Å². The summed E-state index contributed by atoms with van der Waals surface area (Å²) in [6.07, 6.45) is 1.37. The molecule has 0 radical (unpaired) electrons. The quantitative estimate of drug-likeness (QED) is 0.942. The second-order valence-corrected chi connectivity index (χ2v) is 5.91. The van der Waals surface area contributed by atoms with Gasteiger partial charge in [-0.3, -0.25) is 4.79 Å². The minimum Gasteiger partial charge on any atom is -0.494 e. The topological polar surface area (TPSA) is 62.7 Å². The van der Waals surface area contributed by atoms with Gasteiger partial charge < -0.3 is 14.7 Å². The van der Waals surface area contributed by atoms with E-state index in [-0.39, 0.29) is 5.92 Å². The number of carbonyl (C=O) groups is 1. The maximum absolute atomic E-state index is 11.0. The Morgan fingerprint density at radius 2 is 2.20 bits per heavy atom. The van der Waals surface area contributed by atoms with Crippen LogP contribution in [0.3, 0.4) is 0 Å². The molecule has 1 aromatic carbocycles. The highest BCUT2D eigenvalue weighted by atomic mass is 32.1. The Morgan fingerprint density at radius 3 is 2.85 bits per heavy atom. The van der Waals surface area contributed by atoms with Gasteiger partial charge >= 0.3 is 5.97 Å². The van der Waals surface area contributed by atoms with Crippen LogP contribution in [-0.4, -0.2) is 36.3 Å². The maximum Gasteiger partial charge on any atom is 0.306 e. The van der Waals surface area contributed by atoms with Crippen molar-refractivity contribution in [2.24, 2.45) is 5.92 Å². The molecule has 1 N–H and O–H groups in total. The van der Waals surface area contributed by atoms with Crippen molar-refractivity contribution < 1.29 is 14.6 Å². The number of hydrogen-bond acceptors (Lipinski definition) is 5. The van der Waals surface area contributed by atoms with Gasteiger partial charge in [0.05, 0.1) is 17.7 Å². The average Bonchev–Trinajstić information content (AvgIpc) is 2.91. The Kier molecular flexibility index (Phi) is 3.48. The first-order valence-electron chi connectivity index (χ1n) is 6.60. The van der Waals surface area contributed by atoms with E-state index < -0.39 is 5.97 Å². The first-order chi connectivity index (χ1) is 9.69. The number of nitrogens with zero attached hydrogens (tertiary/aromatic N) is 2. The molecule has 0 bridgehead atoms. The fourth-order valence-corrected chi connectivity index (χ4v) is 3.56. The van der Waals surface area contributed by atoms with Crippen LogP contribution in [0.15, 0.2) is 18.2 Å². The summed E-state index contributed by atoms with van der Waals surface area (Å²) >= 11 is 1.63. The fraction of sp³-hybridized carbons (Fsp3) is 0.429. The van der Waals surface area contributed by atoms with E-state index in [2.05, 4.69) is 9.88 Å². The Balaban J connectivity index is 1.83. The molecule has 0 amide bonds. The third-order valence-electron chi connectivity index (χ3n) is 3.71. The van der Waals surface area contributed by atoms with E-state index in [1.807, 2.05) is 18.2 Å². The van der Waals surface area contributed by atoms with Gasteiger partial charge in [0.1, 0.15) is 11.3 Å². The van der Waals surface area contributed by atoms with Crippen LogP contribution in [0, 0.1) is 5.92 Å². The number of carboxylic acids is 1. The summed E-state index contributed by atoms with van der Waals surface area (Å²) < 4.78 is 6.42. The molecule has 0 unspecified atom stereocenters. The summed E-state index contributed by atoms with van der Waals surface area (Å²) in [6, 6.07) is 5.89. The molecule has 0 saturated carbocycles. The van der Waals surface area contributed by atoms with Crippen LogP contribution >= 0.6 is 11.3 Å². The molecule has 1 aromatic heterocycles. The van der Waals surface area contributed by atoms with E-state index in [9.17, 15) is 4.79 Å². The second kappa shape index (κ2) is 5.28. The normalized spacial score (nSPS) is 16.6. The van der Waals surface area contributed by atoms with Gasteiger partial charge in [-0.1, -0.05) is 17.4 Å². The number of hydrogen-bond donors (Lipinski definition) is 1. The van der Waals surface area contributed by atoms with E-state index in [0.29, 0.717) is 12.8 Å². The number of anilines is 1. The van der Waals surface area contributed by atoms with Crippen LogP contribution in [0.2, 0.25) is 0 Å². The molecule has 20 heavy (non-hydrogen) atoms. The lowest BCUT2D eigenvalue weighted by Gasteiger charge is -2.29. The highest BCUT2D eigenvalue weighted by Gasteiger charge is 2.26. The molecule has 2 heterocycles. The van der Waals surface area contributed by atoms with Crippen LogP contribution in [0.1, 0.15) is 12.8 Å². The first-order valence-corrected chi connectivity index (χ1v) is 7.42. The van der Waals surface area contributed by atoms with Crippen molar-refractivity contribution in [2.75, 3.05) is 25.1 Å². The van der Waals surface area contributed by atoms with Gasteiger partial charge in [-0.05, 0) is 25.0 Å². The van der Waals surface area contributed by atoms with Crippen molar-refractivity contribution >= 4 is 32.7 Å². The van der Waals surface area contributed by atoms with Crippen LogP contribution in [0.25, 0.3) is 10.2 Å². The molecule has 2 aromatic rings. The number of aliphatic carboxylic acids is 1. The third kappa shape index (κ3) is 2.31. The summed E-state index contributed by atoms with van der Waals surface area (Å²) in [5.74, 6) is -0.115. The largest absolute Gasteiger partial charge is 0.494 e. The molecule has 1 aliphatic heterocycles. The number of rotatable bonds is 3. The van der Waals surface area contributed by atoms with E-state index in [1.165, 1.54) is 0 Å². The molecular weight excluding hydrogens is 276 g/mol. The minimum absolute atomic E-state index is 0.213. The lowest BCUT2D eigenvalue weighted by Crippen LogP contribution is -2.36. The van der Waals surface area contributed by atoms with Crippen molar-refractivity contribution in [2.45, 2.75) is 12.8 Å². The molecule has 1 fully saturated rings. The second-order valence-electron chi connectivity index (χ2n) is 4.90. The van der Waals surface area contributed by atoms with Crippen LogP contribution in [0.4, 0.5) is 5.13 Å². The van der Waals surface area contributed by atoms with Gasteiger partial charge in [-0.15, -0.1) is 0 Å². The lowest BCUT2D eigenvalue weighted by molar-refractivity contribution is -0.142. The van der Waals surface area contributed by atoms with Crippen LogP contribution < -0.4 is 9.64 Å². The number of aromatic nitrogens is 1. The zero-order valence-corrected chi connectivity index (χ0v) is 12.0. The molecular formula is C14H16N2O3S. The minimum atomic E-state index is -0.685. The van der Waals surface area contributed by atoms with Gasteiger partial charge in [-0.25, -0.2) is 4.98 Å². The molecule has 106 valence electrons. The van der Waals surface area contributed by atoms with E-state index >= 15 is 0 Å². The molecule has 6 heteroatoms. The zero-order chi connectivity index (χ0) is 14.1. The number of thiazole rings is 1. The van der Waals surface area contributed by atoms with E-state index in [1.54, 1.807) is 18.4 Å².